The molecule has 1 amide bonds. The Kier molecular flexibility index (Phi) is 7.59. The van der Waals surface area contributed by atoms with Crippen LogP contribution in [0.25, 0.3) is 0 Å². The number of carbonyl (C=O) groups excluding carboxylic acids is 1. The van der Waals surface area contributed by atoms with E-state index in [9.17, 15) is 21.6 Å². The molecule has 1 atom stereocenters. The van der Waals surface area contributed by atoms with Crippen LogP contribution in [0.3, 0.4) is 0 Å². The second-order valence-corrected chi connectivity index (χ2v) is 10.3. The second kappa shape index (κ2) is 9.56. The van der Waals surface area contributed by atoms with E-state index >= 15 is 0 Å². The molecule has 9 nitrogen and oxygen atoms in total. The van der Waals surface area contributed by atoms with Gasteiger partial charge in [0.05, 0.1) is 17.8 Å². The molecule has 0 aliphatic rings. The molecular formula is C19H25N3O6S2. The van der Waals surface area contributed by atoms with Crippen LogP contribution in [0.1, 0.15) is 19.4 Å². The van der Waals surface area contributed by atoms with E-state index in [1.54, 1.807) is 13.8 Å². The highest BCUT2D eigenvalue weighted by Crippen LogP contribution is 2.18. The molecular weight excluding hydrogens is 430 g/mol. The minimum atomic E-state index is -3.94. The topological polar surface area (TPSA) is 145 Å². The number of methoxy groups -OCH3 is 1. The van der Waals surface area contributed by atoms with Gasteiger partial charge < -0.3 is 10.1 Å². The number of hydrogen-bond donors (Lipinski definition) is 3. The number of rotatable bonds is 9. The van der Waals surface area contributed by atoms with Crippen LogP contribution >= 0.6 is 0 Å². The van der Waals surface area contributed by atoms with Crippen LogP contribution in [0.5, 0.6) is 5.75 Å². The lowest BCUT2D eigenvalue weighted by Crippen LogP contribution is -2.47. The normalized spacial score (nSPS) is 13.1. The Morgan fingerprint density at radius 1 is 1.00 bits per heavy atom. The molecule has 2 rings (SSSR count). The van der Waals surface area contributed by atoms with Gasteiger partial charge in [0.2, 0.25) is 26.0 Å². The molecule has 0 saturated carbocycles. The molecule has 0 spiro atoms. The van der Waals surface area contributed by atoms with Crippen LogP contribution in [-0.4, -0.2) is 35.9 Å². The summed E-state index contributed by atoms with van der Waals surface area (Å²) in [5.41, 5.74) is 0.864. The van der Waals surface area contributed by atoms with Crippen LogP contribution < -0.4 is 19.9 Å². The number of primary sulfonamides is 1. The summed E-state index contributed by atoms with van der Waals surface area (Å²) in [6, 6.07) is 10.9. The van der Waals surface area contributed by atoms with E-state index in [1.165, 1.54) is 55.6 Å². The summed E-state index contributed by atoms with van der Waals surface area (Å²) >= 11 is 0. The molecule has 4 N–H and O–H groups in total. The van der Waals surface area contributed by atoms with Gasteiger partial charge in [0.1, 0.15) is 11.8 Å². The zero-order valence-electron chi connectivity index (χ0n) is 16.8. The molecule has 30 heavy (non-hydrogen) atoms. The first-order chi connectivity index (χ1) is 13.9. The number of nitrogens with one attached hydrogen (secondary N) is 2. The van der Waals surface area contributed by atoms with Crippen LogP contribution in [0, 0.1) is 5.92 Å². The van der Waals surface area contributed by atoms with E-state index in [4.69, 9.17) is 9.88 Å². The fourth-order valence-electron chi connectivity index (χ4n) is 2.62. The maximum Gasteiger partial charge on any atom is 0.242 e. The Labute approximate surface area is 176 Å². The van der Waals surface area contributed by atoms with Crippen molar-refractivity contribution in [1.29, 1.82) is 0 Å². The zero-order chi connectivity index (χ0) is 22.5. The number of hydrogen-bond acceptors (Lipinski definition) is 6. The minimum Gasteiger partial charge on any atom is -0.497 e. The summed E-state index contributed by atoms with van der Waals surface area (Å²) in [6.07, 6.45) is 0. The van der Waals surface area contributed by atoms with Crippen molar-refractivity contribution >= 4 is 31.6 Å². The molecule has 2 aromatic carbocycles. The van der Waals surface area contributed by atoms with Crippen molar-refractivity contribution in [2.45, 2.75) is 30.5 Å². The summed E-state index contributed by atoms with van der Waals surface area (Å²) in [5, 5.41) is 7.65. The third-order valence-electron chi connectivity index (χ3n) is 4.19. The highest BCUT2D eigenvalue weighted by atomic mass is 32.2. The first-order valence-corrected chi connectivity index (χ1v) is 12.2. The fourth-order valence-corrected chi connectivity index (χ4v) is 4.62. The lowest BCUT2D eigenvalue weighted by atomic mass is 10.0. The molecule has 2 aromatic rings. The number of amides is 1. The van der Waals surface area contributed by atoms with Crippen molar-refractivity contribution in [3.05, 3.63) is 54.1 Å². The lowest BCUT2D eigenvalue weighted by Gasteiger charge is -2.22. The summed E-state index contributed by atoms with van der Waals surface area (Å²) in [4.78, 5) is 12.7. The largest absolute Gasteiger partial charge is 0.497 e. The third-order valence-corrected chi connectivity index (χ3v) is 6.38. The molecule has 11 heteroatoms. The lowest BCUT2D eigenvalue weighted by molar-refractivity contribution is -0.118. The van der Waals surface area contributed by atoms with E-state index in [0.717, 1.165) is 0 Å². The Bertz CT molecular complexity index is 1080. The van der Waals surface area contributed by atoms with Crippen LogP contribution in [0.15, 0.2) is 53.4 Å². The predicted octanol–water partition coefficient (Wildman–Crippen LogP) is 1.43. The molecule has 0 aliphatic carbocycles. The molecule has 0 radical (unpaired) electrons. The van der Waals surface area contributed by atoms with Gasteiger partial charge in [0.15, 0.2) is 0 Å². The fraction of sp³-hybridized carbons (Fsp3) is 0.316. The van der Waals surface area contributed by atoms with Gasteiger partial charge in [-0.25, -0.2) is 22.0 Å². The number of sulfonamides is 2. The van der Waals surface area contributed by atoms with Gasteiger partial charge in [0, 0.05) is 5.69 Å². The van der Waals surface area contributed by atoms with Gasteiger partial charge in [-0.3, -0.25) is 4.79 Å². The van der Waals surface area contributed by atoms with E-state index in [-0.39, 0.29) is 16.6 Å². The zero-order valence-corrected chi connectivity index (χ0v) is 18.5. The maximum atomic E-state index is 12.7. The van der Waals surface area contributed by atoms with Crippen molar-refractivity contribution in [2.24, 2.45) is 11.1 Å². The highest BCUT2D eigenvalue weighted by Gasteiger charge is 2.28. The molecule has 0 fully saturated rings. The van der Waals surface area contributed by atoms with Gasteiger partial charge in [-0.15, -0.1) is 0 Å². The van der Waals surface area contributed by atoms with E-state index in [0.29, 0.717) is 17.0 Å². The Morgan fingerprint density at radius 3 is 2.03 bits per heavy atom. The number of nitrogens with two attached hydrogens (primary N) is 1. The summed E-state index contributed by atoms with van der Waals surface area (Å²) in [5.74, 6) is -0.684. The van der Waals surface area contributed by atoms with E-state index < -0.39 is 32.0 Å². The molecule has 164 valence electrons. The summed E-state index contributed by atoms with van der Waals surface area (Å²) in [6.45, 7) is 3.44. The minimum absolute atomic E-state index is 0.00842. The third kappa shape index (κ3) is 6.80. The first-order valence-electron chi connectivity index (χ1n) is 8.98. The number of anilines is 1. The first kappa shape index (κ1) is 23.8. The highest BCUT2D eigenvalue weighted by molar-refractivity contribution is 7.89. The van der Waals surface area contributed by atoms with Crippen molar-refractivity contribution in [3.63, 3.8) is 0 Å². The van der Waals surface area contributed by atoms with Crippen LogP contribution in [-0.2, 0) is 30.6 Å². The Balaban J connectivity index is 2.14. The van der Waals surface area contributed by atoms with Gasteiger partial charge in [-0.05, 0) is 47.9 Å². The van der Waals surface area contributed by atoms with Gasteiger partial charge in [0.25, 0.3) is 0 Å². The average Bonchev–Trinajstić information content (AvgIpc) is 2.66. The molecule has 0 aromatic heterocycles. The Hall–Kier alpha value is -2.47. The number of benzene rings is 2. The van der Waals surface area contributed by atoms with E-state index in [2.05, 4.69) is 10.0 Å². The Morgan fingerprint density at radius 2 is 1.57 bits per heavy atom. The summed E-state index contributed by atoms with van der Waals surface area (Å²) < 4.78 is 55.1. The van der Waals surface area contributed by atoms with Crippen molar-refractivity contribution in [3.8, 4) is 5.75 Å². The number of carbonyl (C=O) groups is 1. The monoisotopic (exact) mass is 455 g/mol. The average molecular weight is 456 g/mol. The summed E-state index contributed by atoms with van der Waals surface area (Å²) in [7, 11) is -6.13. The SMILES string of the molecule is COc1ccc(S(=O)(=O)N[C@H](C(=O)Nc2ccc(CS(N)(=O)=O)cc2)C(C)C)cc1. The van der Waals surface area contributed by atoms with Crippen LogP contribution in [0.2, 0.25) is 0 Å². The molecule has 0 bridgehead atoms. The van der Waals surface area contributed by atoms with E-state index in [1.807, 2.05) is 0 Å². The molecule has 0 heterocycles. The van der Waals surface area contributed by atoms with Gasteiger partial charge in [-0.1, -0.05) is 26.0 Å². The second-order valence-electron chi connectivity index (χ2n) is 7.01. The molecule has 0 saturated heterocycles. The van der Waals surface area contributed by atoms with Crippen LogP contribution in [0.4, 0.5) is 5.69 Å². The van der Waals surface area contributed by atoms with Gasteiger partial charge >= 0.3 is 0 Å². The standard InChI is InChI=1S/C19H25N3O6S2/c1-13(2)18(22-30(26,27)17-10-8-16(28-3)9-11-17)19(23)21-15-6-4-14(5-7-15)12-29(20,24)25/h4-11,13,18,22H,12H2,1-3H3,(H,21,23)(H2,20,24,25)/t18-/m0/s1. The van der Waals surface area contributed by atoms with Crippen molar-refractivity contribution in [2.75, 3.05) is 12.4 Å². The smallest absolute Gasteiger partial charge is 0.242 e. The quantitative estimate of drug-likeness (QED) is 0.521. The predicted molar refractivity (Wildman–Crippen MR) is 114 cm³/mol. The van der Waals surface area contributed by atoms with Crippen molar-refractivity contribution < 1.29 is 26.4 Å². The molecule has 0 unspecified atom stereocenters. The molecule has 0 aliphatic heterocycles. The van der Waals surface area contributed by atoms with Gasteiger partial charge in [-0.2, -0.15) is 4.72 Å². The van der Waals surface area contributed by atoms with Crippen molar-refractivity contribution in [1.82, 2.24) is 4.72 Å². The maximum absolute atomic E-state index is 12.7. The number of ether oxygens (including phenoxy) is 1.